The molecule has 1 saturated heterocycles. The van der Waals surface area contributed by atoms with Crippen molar-refractivity contribution >= 4 is 17.7 Å². The minimum absolute atomic E-state index is 0.136. The third-order valence-electron chi connectivity index (χ3n) is 5.03. The summed E-state index contributed by atoms with van der Waals surface area (Å²) in [5.41, 5.74) is -0.136. The summed E-state index contributed by atoms with van der Waals surface area (Å²) in [5.74, 6) is 0.319. The number of piperidine rings is 1. The highest BCUT2D eigenvalue weighted by Gasteiger charge is 2.39. The summed E-state index contributed by atoms with van der Waals surface area (Å²) in [7, 11) is 0. The van der Waals surface area contributed by atoms with Gasteiger partial charge in [-0.05, 0) is 57.7 Å². The van der Waals surface area contributed by atoms with E-state index in [2.05, 4.69) is 23.8 Å². The van der Waals surface area contributed by atoms with Gasteiger partial charge in [0.25, 0.3) is 0 Å². The second-order valence-electron chi connectivity index (χ2n) is 6.49. The molecule has 1 aliphatic heterocycles. The van der Waals surface area contributed by atoms with E-state index in [-0.39, 0.29) is 5.41 Å². The fourth-order valence-electron chi connectivity index (χ4n) is 3.75. The van der Waals surface area contributed by atoms with Gasteiger partial charge in [-0.1, -0.05) is 13.3 Å². The summed E-state index contributed by atoms with van der Waals surface area (Å²) in [6, 6.07) is 0.418. The van der Waals surface area contributed by atoms with Crippen LogP contribution in [0.25, 0.3) is 0 Å². The van der Waals surface area contributed by atoms with Crippen LogP contribution in [-0.4, -0.2) is 36.5 Å². The second-order valence-corrected chi connectivity index (χ2v) is 7.63. The average molecular weight is 298 g/mol. The Balaban J connectivity index is 1.88. The molecule has 0 aromatic heterocycles. The van der Waals surface area contributed by atoms with Gasteiger partial charge in [0.1, 0.15) is 0 Å². The lowest BCUT2D eigenvalue weighted by atomic mass is 9.75. The monoisotopic (exact) mass is 298 g/mol. The fourth-order valence-corrected chi connectivity index (χ4v) is 4.49. The lowest BCUT2D eigenvalue weighted by molar-refractivity contribution is -0.133. The fraction of sp³-hybridized carbons (Fsp3) is 0.938. The second kappa shape index (κ2) is 7.69. The van der Waals surface area contributed by atoms with Crippen LogP contribution in [0.15, 0.2) is 0 Å². The van der Waals surface area contributed by atoms with Crippen LogP contribution >= 0.6 is 11.8 Å². The Morgan fingerprint density at radius 2 is 2.10 bits per heavy atom. The van der Waals surface area contributed by atoms with Crippen molar-refractivity contribution in [1.82, 2.24) is 10.6 Å². The van der Waals surface area contributed by atoms with Crippen molar-refractivity contribution in [3.8, 4) is 0 Å². The number of carbonyl (C=O) groups excluding carboxylic acids is 1. The summed E-state index contributed by atoms with van der Waals surface area (Å²) in [6.45, 7) is 4.12. The highest BCUT2D eigenvalue weighted by atomic mass is 32.2. The quantitative estimate of drug-likeness (QED) is 0.820. The van der Waals surface area contributed by atoms with Crippen molar-refractivity contribution in [1.29, 1.82) is 0 Å². The predicted molar refractivity (Wildman–Crippen MR) is 87.1 cm³/mol. The highest BCUT2D eigenvalue weighted by molar-refractivity contribution is 7.99. The molecular weight excluding hydrogens is 268 g/mol. The van der Waals surface area contributed by atoms with Crippen molar-refractivity contribution in [2.75, 3.05) is 19.3 Å². The van der Waals surface area contributed by atoms with E-state index in [0.717, 1.165) is 56.9 Å². The molecule has 2 N–H and O–H groups in total. The van der Waals surface area contributed by atoms with Gasteiger partial charge in [0.15, 0.2) is 0 Å². The number of nitrogens with one attached hydrogen (secondary N) is 2. The minimum Gasteiger partial charge on any atom is -0.353 e. The van der Waals surface area contributed by atoms with Crippen LogP contribution in [0.2, 0.25) is 0 Å². The first-order valence-electron chi connectivity index (χ1n) is 8.24. The third kappa shape index (κ3) is 3.91. The Morgan fingerprint density at radius 3 is 2.65 bits per heavy atom. The lowest BCUT2D eigenvalue weighted by Gasteiger charge is -2.38. The SMILES string of the molecule is CCCC1(C(=O)NC2CCC(SC)CC2)CCCNC1. The molecule has 1 aliphatic carbocycles. The van der Waals surface area contributed by atoms with Crippen LogP contribution in [0.5, 0.6) is 0 Å². The number of amides is 1. The molecule has 1 saturated carbocycles. The van der Waals surface area contributed by atoms with E-state index in [9.17, 15) is 4.79 Å². The molecule has 1 heterocycles. The average Bonchev–Trinajstić information content (AvgIpc) is 2.49. The van der Waals surface area contributed by atoms with Gasteiger partial charge in [-0.25, -0.2) is 0 Å². The zero-order valence-electron chi connectivity index (χ0n) is 13.0. The van der Waals surface area contributed by atoms with Gasteiger partial charge in [0.2, 0.25) is 5.91 Å². The Kier molecular flexibility index (Phi) is 6.21. The molecule has 2 aliphatic rings. The van der Waals surface area contributed by atoms with Gasteiger partial charge in [-0.3, -0.25) is 4.79 Å². The number of rotatable bonds is 5. The smallest absolute Gasteiger partial charge is 0.227 e. The van der Waals surface area contributed by atoms with E-state index in [1.54, 1.807) is 0 Å². The van der Waals surface area contributed by atoms with Crippen molar-refractivity contribution < 1.29 is 4.79 Å². The molecule has 0 aromatic carbocycles. The van der Waals surface area contributed by atoms with Crippen LogP contribution in [0.1, 0.15) is 58.3 Å². The van der Waals surface area contributed by atoms with Crippen LogP contribution in [-0.2, 0) is 4.79 Å². The normalized spacial score (nSPS) is 34.7. The molecule has 1 unspecified atom stereocenters. The number of thioether (sulfide) groups is 1. The summed E-state index contributed by atoms with van der Waals surface area (Å²) >= 11 is 1.98. The van der Waals surface area contributed by atoms with Gasteiger partial charge in [0.05, 0.1) is 5.41 Å². The van der Waals surface area contributed by atoms with Gasteiger partial charge < -0.3 is 10.6 Å². The molecule has 0 aromatic rings. The lowest BCUT2D eigenvalue weighted by Crippen LogP contribution is -2.53. The van der Waals surface area contributed by atoms with E-state index in [1.807, 2.05) is 11.8 Å². The highest BCUT2D eigenvalue weighted by Crippen LogP contribution is 2.33. The van der Waals surface area contributed by atoms with E-state index in [1.165, 1.54) is 12.8 Å². The third-order valence-corrected chi connectivity index (χ3v) is 6.16. The molecule has 1 atom stereocenters. The van der Waals surface area contributed by atoms with Crippen LogP contribution < -0.4 is 10.6 Å². The molecule has 0 bridgehead atoms. The van der Waals surface area contributed by atoms with E-state index >= 15 is 0 Å². The summed E-state index contributed by atoms with van der Waals surface area (Å²) in [4.78, 5) is 12.8. The van der Waals surface area contributed by atoms with Crippen LogP contribution in [0, 0.1) is 5.41 Å². The molecule has 4 heteroatoms. The zero-order valence-corrected chi connectivity index (χ0v) is 13.9. The topological polar surface area (TPSA) is 41.1 Å². The van der Waals surface area contributed by atoms with Crippen molar-refractivity contribution in [2.45, 2.75) is 69.6 Å². The standard InChI is InChI=1S/C16H30N2OS/c1-3-9-16(10-4-11-17-12-16)15(19)18-13-5-7-14(20-2)8-6-13/h13-14,17H,3-12H2,1-2H3,(H,18,19). The molecule has 2 fully saturated rings. The maximum Gasteiger partial charge on any atom is 0.227 e. The predicted octanol–water partition coefficient (Wildman–Crippen LogP) is 2.95. The Morgan fingerprint density at radius 1 is 1.35 bits per heavy atom. The van der Waals surface area contributed by atoms with Gasteiger partial charge in [0, 0.05) is 17.8 Å². The zero-order chi connectivity index (χ0) is 14.4. The summed E-state index contributed by atoms with van der Waals surface area (Å²) < 4.78 is 0. The first kappa shape index (κ1) is 16.2. The number of hydrogen-bond donors (Lipinski definition) is 2. The first-order valence-corrected chi connectivity index (χ1v) is 9.53. The molecule has 20 heavy (non-hydrogen) atoms. The van der Waals surface area contributed by atoms with Gasteiger partial charge >= 0.3 is 0 Å². The van der Waals surface area contributed by atoms with Crippen molar-refractivity contribution in [3.05, 3.63) is 0 Å². The van der Waals surface area contributed by atoms with E-state index in [0.29, 0.717) is 11.9 Å². The number of hydrogen-bond acceptors (Lipinski definition) is 3. The van der Waals surface area contributed by atoms with Gasteiger partial charge in [-0.15, -0.1) is 0 Å². The molecule has 1 amide bonds. The largest absolute Gasteiger partial charge is 0.353 e. The van der Waals surface area contributed by atoms with Crippen LogP contribution in [0.3, 0.4) is 0 Å². The van der Waals surface area contributed by atoms with Crippen LogP contribution in [0.4, 0.5) is 0 Å². The maximum atomic E-state index is 12.8. The maximum absolute atomic E-state index is 12.8. The Bertz CT molecular complexity index is 302. The van der Waals surface area contributed by atoms with Crippen molar-refractivity contribution in [2.24, 2.45) is 5.41 Å². The molecule has 116 valence electrons. The van der Waals surface area contributed by atoms with Crippen molar-refractivity contribution in [3.63, 3.8) is 0 Å². The molecule has 0 radical (unpaired) electrons. The molecule has 3 nitrogen and oxygen atoms in total. The minimum atomic E-state index is -0.136. The summed E-state index contributed by atoms with van der Waals surface area (Å²) in [6.07, 6.45) is 11.3. The molecule has 0 spiro atoms. The summed E-state index contributed by atoms with van der Waals surface area (Å²) in [5, 5.41) is 7.61. The molecule has 2 rings (SSSR count). The Hall–Kier alpha value is -0.220. The first-order chi connectivity index (χ1) is 9.70. The Labute approximate surface area is 128 Å². The van der Waals surface area contributed by atoms with E-state index < -0.39 is 0 Å². The number of carbonyl (C=O) groups is 1. The van der Waals surface area contributed by atoms with Gasteiger partial charge in [-0.2, -0.15) is 11.8 Å². The molecular formula is C16H30N2OS. The van der Waals surface area contributed by atoms with E-state index in [4.69, 9.17) is 0 Å².